The fourth-order valence-corrected chi connectivity index (χ4v) is 4.03. The Morgan fingerprint density at radius 1 is 1.28 bits per heavy atom. The van der Waals surface area contributed by atoms with Gasteiger partial charge in [-0.15, -0.1) is 0 Å². The zero-order valence-corrected chi connectivity index (χ0v) is 15.4. The summed E-state index contributed by atoms with van der Waals surface area (Å²) >= 11 is 0. The SMILES string of the molecule is CCCCN1CCCC[C@@H]1CNC(=O)N1CCC(c2ncn[nH]2)CC1. The molecule has 2 saturated heterocycles. The number of hydrogen-bond acceptors (Lipinski definition) is 4. The van der Waals surface area contributed by atoms with Crippen LogP contribution in [0.2, 0.25) is 0 Å². The second-order valence-electron chi connectivity index (χ2n) is 7.36. The van der Waals surface area contributed by atoms with Crippen molar-refractivity contribution in [1.29, 1.82) is 0 Å². The monoisotopic (exact) mass is 348 g/mol. The van der Waals surface area contributed by atoms with Crippen LogP contribution in [0.3, 0.4) is 0 Å². The van der Waals surface area contributed by atoms with E-state index in [1.54, 1.807) is 6.33 Å². The zero-order valence-electron chi connectivity index (χ0n) is 15.4. The highest BCUT2D eigenvalue weighted by atomic mass is 16.2. The number of urea groups is 1. The lowest BCUT2D eigenvalue weighted by molar-refractivity contribution is 0.137. The minimum absolute atomic E-state index is 0.0945. The van der Waals surface area contributed by atoms with Crippen molar-refractivity contribution in [2.45, 2.75) is 63.8 Å². The largest absolute Gasteiger partial charge is 0.336 e. The molecule has 0 radical (unpaired) electrons. The predicted octanol–water partition coefficient (Wildman–Crippen LogP) is 2.35. The van der Waals surface area contributed by atoms with Gasteiger partial charge in [0, 0.05) is 31.6 Å². The fourth-order valence-electron chi connectivity index (χ4n) is 4.03. The molecule has 1 aromatic heterocycles. The molecule has 7 heteroatoms. The number of amides is 2. The Labute approximate surface area is 150 Å². The Kier molecular flexibility index (Phi) is 6.67. The van der Waals surface area contributed by atoms with Gasteiger partial charge in [0.2, 0.25) is 0 Å². The molecule has 0 spiro atoms. The number of H-pyrrole nitrogens is 1. The maximum Gasteiger partial charge on any atom is 0.317 e. The smallest absolute Gasteiger partial charge is 0.317 e. The lowest BCUT2D eigenvalue weighted by Crippen LogP contribution is -2.50. The summed E-state index contributed by atoms with van der Waals surface area (Å²) in [5.74, 6) is 1.35. The summed E-state index contributed by atoms with van der Waals surface area (Å²) in [5.41, 5.74) is 0. The second kappa shape index (κ2) is 9.17. The van der Waals surface area contributed by atoms with Crippen molar-refractivity contribution in [3.63, 3.8) is 0 Å². The van der Waals surface area contributed by atoms with E-state index in [4.69, 9.17) is 0 Å². The van der Waals surface area contributed by atoms with E-state index < -0.39 is 0 Å². The average molecular weight is 348 g/mol. The molecule has 3 rings (SSSR count). The zero-order chi connectivity index (χ0) is 17.5. The standard InChI is InChI=1S/C18H32N6O/c1-2-3-9-23-10-5-4-6-16(23)13-19-18(25)24-11-7-15(8-12-24)17-20-14-21-22-17/h14-16H,2-13H2,1H3,(H,19,25)(H,20,21,22)/t16-/m1/s1. The van der Waals surface area contributed by atoms with Gasteiger partial charge >= 0.3 is 6.03 Å². The van der Waals surface area contributed by atoms with Crippen LogP contribution >= 0.6 is 0 Å². The number of piperidine rings is 2. The van der Waals surface area contributed by atoms with Crippen molar-refractivity contribution in [2.75, 3.05) is 32.7 Å². The summed E-state index contributed by atoms with van der Waals surface area (Å²) in [6.45, 7) is 6.96. The minimum atomic E-state index is 0.0945. The number of carbonyl (C=O) groups is 1. The van der Waals surface area contributed by atoms with Gasteiger partial charge in [-0.25, -0.2) is 9.78 Å². The van der Waals surface area contributed by atoms with Crippen molar-refractivity contribution < 1.29 is 4.79 Å². The van der Waals surface area contributed by atoms with Gasteiger partial charge < -0.3 is 10.2 Å². The minimum Gasteiger partial charge on any atom is -0.336 e. The van der Waals surface area contributed by atoms with Crippen LogP contribution in [0.5, 0.6) is 0 Å². The van der Waals surface area contributed by atoms with E-state index >= 15 is 0 Å². The molecule has 0 saturated carbocycles. The van der Waals surface area contributed by atoms with Crippen molar-refractivity contribution in [1.82, 2.24) is 30.3 Å². The summed E-state index contributed by atoms with van der Waals surface area (Å²) in [6.07, 6.45) is 9.73. The topological polar surface area (TPSA) is 77.2 Å². The summed E-state index contributed by atoms with van der Waals surface area (Å²) < 4.78 is 0. The highest BCUT2D eigenvalue weighted by molar-refractivity contribution is 5.74. The van der Waals surface area contributed by atoms with Crippen LogP contribution in [0.4, 0.5) is 4.79 Å². The van der Waals surface area contributed by atoms with E-state index in [1.807, 2.05) is 4.90 Å². The Balaban J connectivity index is 1.41. The molecular weight excluding hydrogens is 316 g/mol. The molecule has 0 unspecified atom stereocenters. The van der Waals surface area contributed by atoms with Crippen LogP contribution < -0.4 is 5.32 Å². The lowest BCUT2D eigenvalue weighted by atomic mass is 9.96. The summed E-state index contributed by atoms with van der Waals surface area (Å²) in [5, 5.41) is 10.1. The first kappa shape index (κ1) is 18.2. The first-order valence-corrected chi connectivity index (χ1v) is 9.90. The van der Waals surface area contributed by atoms with E-state index in [0.29, 0.717) is 12.0 Å². The maximum atomic E-state index is 12.5. The van der Waals surface area contributed by atoms with Crippen LogP contribution in [0.15, 0.2) is 6.33 Å². The Morgan fingerprint density at radius 2 is 2.12 bits per heavy atom. The Morgan fingerprint density at radius 3 is 2.84 bits per heavy atom. The lowest BCUT2D eigenvalue weighted by Gasteiger charge is -2.37. The quantitative estimate of drug-likeness (QED) is 0.827. The van der Waals surface area contributed by atoms with Crippen molar-refractivity contribution in [3.05, 3.63) is 12.2 Å². The van der Waals surface area contributed by atoms with Gasteiger partial charge in [0.25, 0.3) is 0 Å². The number of nitrogens with one attached hydrogen (secondary N) is 2. The van der Waals surface area contributed by atoms with Crippen LogP contribution in [0.1, 0.15) is 63.6 Å². The number of rotatable bonds is 6. The van der Waals surface area contributed by atoms with Crippen LogP contribution in [-0.2, 0) is 0 Å². The number of aromatic amines is 1. The van der Waals surface area contributed by atoms with Gasteiger partial charge in [-0.05, 0) is 45.2 Å². The van der Waals surface area contributed by atoms with Gasteiger partial charge in [0.15, 0.2) is 0 Å². The average Bonchev–Trinajstić information content (AvgIpc) is 3.20. The molecule has 0 aromatic carbocycles. The molecule has 2 aliphatic heterocycles. The molecule has 1 atom stereocenters. The molecule has 140 valence electrons. The number of nitrogens with zero attached hydrogens (tertiary/aromatic N) is 4. The van der Waals surface area contributed by atoms with Crippen molar-refractivity contribution in [3.8, 4) is 0 Å². The first-order valence-electron chi connectivity index (χ1n) is 9.90. The van der Waals surface area contributed by atoms with Gasteiger partial charge in [0.1, 0.15) is 12.2 Å². The van der Waals surface area contributed by atoms with Gasteiger partial charge in [-0.1, -0.05) is 19.8 Å². The predicted molar refractivity (Wildman–Crippen MR) is 97.4 cm³/mol. The van der Waals surface area contributed by atoms with Crippen molar-refractivity contribution in [2.24, 2.45) is 0 Å². The summed E-state index contributed by atoms with van der Waals surface area (Å²) in [6, 6.07) is 0.605. The van der Waals surface area contributed by atoms with E-state index in [-0.39, 0.29) is 6.03 Å². The van der Waals surface area contributed by atoms with E-state index in [0.717, 1.165) is 38.3 Å². The molecule has 2 N–H and O–H groups in total. The molecular formula is C18H32N6O. The third kappa shape index (κ3) is 4.93. The fraction of sp³-hybridized carbons (Fsp3) is 0.833. The number of carbonyl (C=O) groups excluding carboxylic acids is 1. The maximum absolute atomic E-state index is 12.5. The van der Waals surface area contributed by atoms with Crippen LogP contribution in [0, 0.1) is 0 Å². The van der Waals surface area contributed by atoms with Gasteiger partial charge in [-0.2, -0.15) is 5.10 Å². The number of likely N-dealkylation sites (tertiary alicyclic amines) is 2. The van der Waals surface area contributed by atoms with Gasteiger partial charge in [0.05, 0.1) is 0 Å². The molecule has 2 amide bonds. The third-order valence-corrected chi connectivity index (χ3v) is 5.64. The van der Waals surface area contributed by atoms with Crippen LogP contribution in [0.25, 0.3) is 0 Å². The molecule has 0 aliphatic carbocycles. The molecule has 7 nitrogen and oxygen atoms in total. The number of unbranched alkanes of at least 4 members (excludes halogenated alkanes) is 1. The molecule has 25 heavy (non-hydrogen) atoms. The highest BCUT2D eigenvalue weighted by Gasteiger charge is 2.27. The summed E-state index contributed by atoms with van der Waals surface area (Å²) in [7, 11) is 0. The second-order valence-corrected chi connectivity index (χ2v) is 7.36. The Bertz CT molecular complexity index is 512. The Hall–Kier alpha value is -1.63. The number of aromatic nitrogens is 3. The van der Waals surface area contributed by atoms with E-state index in [2.05, 4.69) is 32.3 Å². The molecule has 2 aliphatic rings. The number of hydrogen-bond donors (Lipinski definition) is 2. The molecule has 2 fully saturated rings. The van der Waals surface area contributed by atoms with Crippen LogP contribution in [-0.4, -0.2) is 69.8 Å². The normalized spacial score (nSPS) is 22.9. The first-order chi connectivity index (χ1) is 12.3. The third-order valence-electron chi connectivity index (χ3n) is 5.64. The molecule has 3 heterocycles. The van der Waals surface area contributed by atoms with E-state index in [9.17, 15) is 4.79 Å². The highest BCUT2D eigenvalue weighted by Crippen LogP contribution is 2.25. The van der Waals surface area contributed by atoms with E-state index in [1.165, 1.54) is 45.2 Å². The van der Waals surface area contributed by atoms with Crippen molar-refractivity contribution >= 4 is 6.03 Å². The van der Waals surface area contributed by atoms with Gasteiger partial charge in [-0.3, -0.25) is 10.00 Å². The summed E-state index contributed by atoms with van der Waals surface area (Å²) in [4.78, 5) is 21.3. The molecule has 0 bridgehead atoms. The molecule has 1 aromatic rings.